The van der Waals surface area contributed by atoms with E-state index in [1.807, 2.05) is 30.3 Å². The van der Waals surface area contributed by atoms with E-state index < -0.39 is 0 Å². The number of anilines is 2. The summed E-state index contributed by atoms with van der Waals surface area (Å²) in [7, 11) is 0. The quantitative estimate of drug-likeness (QED) is 0.713. The van der Waals surface area contributed by atoms with Crippen molar-refractivity contribution < 1.29 is 4.79 Å². The molecule has 0 aliphatic rings. The SMILES string of the molecule is CCCCCNC(=O)c1ccc(Nc2ccccc2Br)cn1. The van der Waals surface area contributed by atoms with Crippen LogP contribution in [0.25, 0.3) is 0 Å². The minimum absolute atomic E-state index is 0.122. The fraction of sp³-hybridized carbons (Fsp3) is 0.294. The second-order valence-electron chi connectivity index (χ2n) is 5.00. The molecule has 1 aromatic heterocycles. The van der Waals surface area contributed by atoms with Crippen LogP contribution in [0.4, 0.5) is 11.4 Å². The Kier molecular flexibility index (Phi) is 6.40. The van der Waals surface area contributed by atoms with Gasteiger partial charge in [-0.1, -0.05) is 31.9 Å². The number of amides is 1. The van der Waals surface area contributed by atoms with Crippen molar-refractivity contribution in [2.75, 3.05) is 11.9 Å². The van der Waals surface area contributed by atoms with E-state index in [9.17, 15) is 4.79 Å². The number of para-hydroxylation sites is 1. The molecule has 0 atom stereocenters. The molecule has 5 heteroatoms. The fourth-order valence-corrected chi connectivity index (χ4v) is 2.37. The molecular weight excluding hydrogens is 342 g/mol. The number of nitrogens with zero attached hydrogens (tertiary/aromatic N) is 1. The van der Waals surface area contributed by atoms with E-state index in [2.05, 4.69) is 38.5 Å². The van der Waals surface area contributed by atoms with Gasteiger partial charge in [0, 0.05) is 11.0 Å². The van der Waals surface area contributed by atoms with Gasteiger partial charge in [-0.25, -0.2) is 4.98 Å². The van der Waals surface area contributed by atoms with Crippen LogP contribution < -0.4 is 10.6 Å². The predicted octanol–water partition coefficient (Wildman–Crippen LogP) is 4.51. The van der Waals surface area contributed by atoms with E-state index in [0.717, 1.165) is 35.1 Å². The molecule has 2 aromatic rings. The lowest BCUT2D eigenvalue weighted by Gasteiger charge is -2.09. The van der Waals surface area contributed by atoms with Crippen LogP contribution in [0.5, 0.6) is 0 Å². The Morgan fingerprint density at radius 3 is 2.68 bits per heavy atom. The van der Waals surface area contributed by atoms with E-state index in [1.54, 1.807) is 12.3 Å². The Balaban J connectivity index is 1.92. The average molecular weight is 362 g/mol. The van der Waals surface area contributed by atoms with Crippen molar-refractivity contribution in [3.05, 3.63) is 52.8 Å². The van der Waals surface area contributed by atoms with Gasteiger partial charge in [0.15, 0.2) is 0 Å². The number of carbonyl (C=O) groups excluding carboxylic acids is 1. The number of unbranched alkanes of at least 4 members (excludes halogenated alkanes) is 2. The van der Waals surface area contributed by atoms with E-state index in [0.29, 0.717) is 12.2 Å². The first-order chi connectivity index (χ1) is 10.7. The van der Waals surface area contributed by atoms with Gasteiger partial charge < -0.3 is 10.6 Å². The van der Waals surface area contributed by atoms with Crippen molar-refractivity contribution >= 4 is 33.2 Å². The number of nitrogens with one attached hydrogen (secondary N) is 2. The number of aromatic nitrogens is 1. The molecule has 2 rings (SSSR count). The van der Waals surface area contributed by atoms with Crippen molar-refractivity contribution in [3.63, 3.8) is 0 Å². The summed E-state index contributed by atoms with van der Waals surface area (Å²) in [5, 5.41) is 6.14. The van der Waals surface area contributed by atoms with E-state index in [4.69, 9.17) is 0 Å². The summed E-state index contributed by atoms with van der Waals surface area (Å²) in [6.07, 6.45) is 4.94. The van der Waals surface area contributed by atoms with Gasteiger partial charge >= 0.3 is 0 Å². The number of hydrogen-bond acceptors (Lipinski definition) is 3. The van der Waals surface area contributed by atoms with Crippen LogP contribution >= 0.6 is 15.9 Å². The summed E-state index contributed by atoms with van der Waals surface area (Å²) in [4.78, 5) is 16.1. The first-order valence-electron chi connectivity index (χ1n) is 7.46. The van der Waals surface area contributed by atoms with E-state index in [-0.39, 0.29) is 5.91 Å². The molecule has 0 spiro atoms. The average Bonchev–Trinajstić information content (AvgIpc) is 2.54. The second-order valence-corrected chi connectivity index (χ2v) is 5.85. The van der Waals surface area contributed by atoms with Crippen molar-refractivity contribution in [3.8, 4) is 0 Å². The van der Waals surface area contributed by atoms with Crippen molar-refractivity contribution in [1.29, 1.82) is 0 Å². The number of benzene rings is 1. The largest absolute Gasteiger partial charge is 0.353 e. The third kappa shape index (κ3) is 4.84. The number of halogens is 1. The lowest BCUT2D eigenvalue weighted by atomic mass is 10.2. The number of hydrogen-bond donors (Lipinski definition) is 2. The standard InChI is InChI=1S/C17H20BrN3O/c1-2-3-6-11-19-17(22)16-10-9-13(12-20-16)21-15-8-5-4-7-14(15)18/h4-5,7-10,12,21H,2-3,6,11H2,1H3,(H,19,22). The lowest BCUT2D eigenvalue weighted by Crippen LogP contribution is -2.25. The molecule has 0 fully saturated rings. The Labute approximate surface area is 139 Å². The molecule has 4 nitrogen and oxygen atoms in total. The molecule has 0 saturated heterocycles. The summed E-state index contributed by atoms with van der Waals surface area (Å²) < 4.78 is 0.979. The summed E-state index contributed by atoms with van der Waals surface area (Å²) in [5.74, 6) is -0.122. The van der Waals surface area contributed by atoms with E-state index >= 15 is 0 Å². The van der Waals surface area contributed by atoms with Crippen molar-refractivity contribution in [2.24, 2.45) is 0 Å². The highest BCUT2D eigenvalue weighted by atomic mass is 79.9. The number of pyridine rings is 1. The molecular formula is C17H20BrN3O. The maximum atomic E-state index is 11.9. The summed E-state index contributed by atoms with van der Waals surface area (Å²) in [6, 6.07) is 11.4. The first kappa shape index (κ1) is 16.5. The van der Waals surface area contributed by atoms with Crippen LogP contribution in [-0.4, -0.2) is 17.4 Å². The summed E-state index contributed by atoms with van der Waals surface area (Å²) >= 11 is 3.49. The molecule has 0 unspecified atom stereocenters. The van der Waals surface area contributed by atoms with Gasteiger partial charge in [-0.3, -0.25) is 4.79 Å². The van der Waals surface area contributed by atoms with Crippen LogP contribution in [0.1, 0.15) is 36.7 Å². The van der Waals surface area contributed by atoms with Gasteiger partial charge in [0.05, 0.1) is 17.6 Å². The topological polar surface area (TPSA) is 54.0 Å². The molecule has 1 heterocycles. The molecule has 0 aliphatic carbocycles. The third-order valence-corrected chi connectivity index (χ3v) is 3.91. The summed E-state index contributed by atoms with van der Waals surface area (Å²) in [5.41, 5.74) is 2.24. The zero-order valence-electron chi connectivity index (χ0n) is 12.6. The van der Waals surface area contributed by atoms with Gasteiger partial charge in [0.25, 0.3) is 5.91 Å². The van der Waals surface area contributed by atoms with Gasteiger partial charge in [-0.05, 0) is 46.6 Å². The Bertz CT molecular complexity index is 614. The lowest BCUT2D eigenvalue weighted by molar-refractivity contribution is 0.0948. The molecule has 0 aliphatic heterocycles. The van der Waals surface area contributed by atoms with E-state index in [1.165, 1.54) is 0 Å². The van der Waals surface area contributed by atoms with Crippen LogP contribution in [0.3, 0.4) is 0 Å². The molecule has 1 amide bonds. The van der Waals surface area contributed by atoms with Gasteiger partial charge in [-0.2, -0.15) is 0 Å². The maximum Gasteiger partial charge on any atom is 0.269 e. The number of rotatable bonds is 7. The van der Waals surface area contributed by atoms with Crippen molar-refractivity contribution in [1.82, 2.24) is 10.3 Å². The highest BCUT2D eigenvalue weighted by Gasteiger charge is 2.06. The molecule has 1 aromatic carbocycles. The molecule has 0 bridgehead atoms. The number of carbonyl (C=O) groups is 1. The molecule has 0 radical (unpaired) electrons. The highest BCUT2D eigenvalue weighted by molar-refractivity contribution is 9.10. The smallest absolute Gasteiger partial charge is 0.269 e. The van der Waals surface area contributed by atoms with Gasteiger partial charge in [0.2, 0.25) is 0 Å². The molecule has 22 heavy (non-hydrogen) atoms. The van der Waals surface area contributed by atoms with Crippen LogP contribution in [-0.2, 0) is 0 Å². The maximum absolute atomic E-state index is 11.9. The Morgan fingerprint density at radius 1 is 1.18 bits per heavy atom. The van der Waals surface area contributed by atoms with Gasteiger partial charge in [0.1, 0.15) is 5.69 Å². The monoisotopic (exact) mass is 361 g/mol. The highest BCUT2D eigenvalue weighted by Crippen LogP contribution is 2.24. The zero-order valence-corrected chi connectivity index (χ0v) is 14.2. The first-order valence-corrected chi connectivity index (χ1v) is 8.26. The normalized spacial score (nSPS) is 10.3. The second kappa shape index (κ2) is 8.54. The van der Waals surface area contributed by atoms with Gasteiger partial charge in [-0.15, -0.1) is 0 Å². The van der Waals surface area contributed by atoms with Crippen LogP contribution in [0, 0.1) is 0 Å². The minimum atomic E-state index is -0.122. The van der Waals surface area contributed by atoms with Crippen molar-refractivity contribution in [2.45, 2.75) is 26.2 Å². The molecule has 0 saturated carbocycles. The van der Waals surface area contributed by atoms with Crippen LogP contribution in [0.15, 0.2) is 47.1 Å². The minimum Gasteiger partial charge on any atom is -0.353 e. The Hall–Kier alpha value is -1.88. The molecule has 116 valence electrons. The van der Waals surface area contributed by atoms with Crippen LogP contribution in [0.2, 0.25) is 0 Å². The predicted molar refractivity (Wildman–Crippen MR) is 93.5 cm³/mol. The Morgan fingerprint density at radius 2 is 2.00 bits per heavy atom. The zero-order chi connectivity index (χ0) is 15.8. The fourth-order valence-electron chi connectivity index (χ4n) is 1.99. The third-order valence-electron chi connectivity index (χ3n) is 3.21. The molecule has 2 N–H and O–H groups in total. The summed E-state index contributed by atoms with van der Waals surface area (Å²) in [6.45, 7) is 2.84.